The van der Waals surface area contributed by atoms with Gasteiger partial charge in [0.1, 0.15) is 5.69 Å². The molecule has 0 aliphatic carbocycles. The number of nitrogens with zero attached hydrogens (tertiary/aromatic N) is 3. The molecule has 0 saturated carbocycles. The fourth-order valence-electron chi connectivity index (χ4n) is 1.89. The Hall–Kier alpha value is -2.24. The van der Waals surface area contributed by atoms with E-state index >= 15 is 0 Å². The Morgan fingerprint density at radius 2 is 2.05 bits per heavy atom. The van der Waals surface area contributed by atoms with Gasteiger partial charge in [-0.1, -0.05) is 25.1 Å². The monoisotopic (exact) mass is 275 g/mol. The molecule has 106 valence electrons. The Bertz CT molecular complexity index is 636. The molecule has 0 spiro atoms. The summed E-state index contributed by atoms with van der Waals surface area (Å²) >= 11 is 0. The van der Waals surface area contributed by atoms with E-state index in [1.807, 2.05) is 19.9 Å². The van der Waals surface area contributed by atoms with Crippen LogP contribution in [0.15, 0.2) is 16.8 Å². The molecule has 6 heteroatoms. The van der Waals surface area contributed by atoms with Gasteiger partial charge in [0.2, 0.25) is 11.7 Å². The topological polar surface area (TPSA) is 89.1 Å². The number of aryl methyl sites for hydroxylation is 2. The van der Waals surface area contributed by atoms with Crippen LogP contribution in [-0.4, -0.2) is 26.2 Å². The lowest BCUT2D eigenvalue weighted by atomic mass is 9.96. The summed E-state index contributed by atoms with van der Waals surface area (Å²) in [5.74, 6) is -1.12. The van der Waals surface area contributed by atoms with E-state index < -0.39 is 11.9 Å². The van der Waals surface area contributed by atoms with Gasteiger partial charge in [-0.15, -0.1) is 0 Å². The van der Waals surface area contributed by atoms with Gasteiger partial charge >= 0.3 is 5.97 Å². The van der Waals surface area contributed by atoms with Gasteiger partial charge in [0, 0.05) is 12.1 Å². The Morgan fingerprint density at radius 3 is 2.65 bits per heavy atom. The molecule has 2 unspecified atom stereocenters. The van der Waals surface area contributed by atoms with E-state index in [0.717, 1.165) is 11.1 Å². The number of carbonyl (C=O) groups is 1. The van der Waals surface area contributed by atoms with E-state index in [1.54, 1.807) is 20.0 Å². The standard InChI is InChI=1S/C14H17N3O3/c1-7-5-8(2)11(15-6-7)12-16-13(20-17-12)9(3)10(4)14(18)19/h5-6,9-10H,1-4H3,(H,18,19). The van der Waals surface area contributed by atoms with Gasteiger partial charge in [-0.05, 0) is 25.0 Å². The predicted molar refractivity (Wildman–Crippen MR) is 72.2 cm³/mol. The molecule has 2 heterocycles. The first kappa shape index (κ1) is 14.2. The van der Waals surface area contributed by atoms with Crippen LogP contribution in [-0.2, 0) is 4.79 Å². The highest BCUT2D eigenvalue weighted by Crippen LogP contribution is 2.25. The molecule has 0 radical (unpaired) electrons. The molecule has 6 nitrogen and oxygen atoms in total. The molecule has 0 aliphatic rings. The van der Waals surface area contributed by atoms with Crippen LogP contribution in [0.25, 0.3) is 11.5 Å². The van der Waals surface area contributed by atoms with Crippen molar-refractivity contribution in [2.24, 2.45) is 5.92 Å². The van der Waals surface area contributed by atoms with E-state index in [1.165, 1.54) is 0 Å². The molecule has 0 saturated heterocycles. The first-order chi connectivity index (χ1) is 9.40. The minimum atomic E-state index is -0.887. The molecule has 0 aromatic carbocycles. The van der Waals surface area contributed by atoms with Crippen LogP contribution in [0.1, 0.15) is 36.8 Å². The van der Waals surface area contributed by atoms with E-state index in [4.69, 9.17) is 9.63 Å². The zero-order valence-corrected chi connectivity index (χ0v) is 11.9. The molecule has 0 amide bonds. The summed E-state index contributed by atoms with van der Waals surface area (Å²) in [7, 11) is 0. The number of aliphatic carboxylic acids is 1. The maximum absolute atomic E-state index is 11.0. The van der Waals surface area contributed by atoms with Crippen molar-refractivity contribution in [3.63, 3.8) is 0 Å². The molecule has 2 rings (SSSR count). The summed E-state index contributed by atoms with van der Waals surface area (Å²) in [6, 6.07) is 1.99. The number of carboxylic acid groups (broad SMARTS) is 1. The van der Waals surface area contributed by atoms with Crippen LogP contribution < -0.4 is 0 Å². The lowest BCUT2D eigenvalue weighted by molar-refractivity contribution is -0.141. The van der Waals surface area contributed by atoms with Crippen molar-refractivity contribution in [1.29, 1.82) is 0 Å². The minimum Gasteiger partial charge on any atom is -0.481 e. The molecular weight excluding hydrogens is 258 g/mol. The average Bonchev–Trinajstić information content (AvgIpc) is 2.86. The zero-order chi connectivity index (χ0) is 14.9. The molecule has 20 heavy (non-hydrogen) atoms. The average molecular weight is 275 g/mol. The highest BCUT2D eigenvalue weighted by atomic mass is 16.5. The second-order valence-electron chi connectivity index (χ2n) is 5.05. The molecular formula is C14H17N3O3. The maximum Gasteiger partial charge on any atom is 0.307 e. The zero-order valence-electron chi connectivity index (χ0n) is 11.9. The largest absolute Gasteiger partial charge is 0.481 e. The number of carboxylic acids is 1. The summed E-state index contributed by atoms with van der Waals surface area (Å²) in [6.07, 6.45) is 1.74. The Morgan fingerprint density at radius 1 is 1.35 bits per heavy atom. The van der Waals surface area contributed by atoms with Crippen LogP contribution >= 0.6 is 0 Å². The highest BCUT2D eigenvalue weighted by molar-refractivity contribution is 5.70. The fourth-order valence-corrected chi connectivity index (χ4v) is 1.89. The van der Waals surface area contributed by atoms with Crippen LogP contribution in [0.4, 0.5) is 0 Å². The number of pyridine rings is 1. The third-order valence-electron chi connectivity index (χ3n) is 3.40. The molecule has 0 bridgehead atoms. The Kier molecular flexibility index (Phi) is 3.83. The second-order valence-corrected chi connectivity index (χ2v) is 5.05. The van der Waals surface area contributed by atoms with E-state index in [9.17, 15) is 4.79 Å². The normalized spacial score (nSPS) is 14.0. The van der Waals surface area contributed by atoms with Gasteiger partial charge < -0.3 is 9.63 Å². The lowest BCUT2D eigenvalue weighted by Crippen LogP contribution is -2.16. The smallest absolute Gasteiger partial charge is 0.307 e. The van der Waals surface area contributed by atoms with Crippen molar-refractivity contribution < 1.29 is 14.4 Å². The first-order valence-electron chi connectivity index (χ1n) is 6.40. The summed E-state index contributed by atoms with van der Waals surface area (Å²) in [4.78, 5) is 19.6. The van der Waals surface area contributed by atoms with E-state index in [-0.39, 0.29) is 5.92 Å². The van der Waals surface area contributed by atoms with Gasteiger partial charge in [-0.2, -0.15) is 4.98 Å². The third kappa shape index (κ3) is 2.68. The minimum absolute atomic E-state index is 0.316. The van der Waals surface area contributed by atoms with Crippen molar-refractivity contribution in [3.8, 4) is 11.5 Å². The van der Waals surface area contributed by atoms with Crippen LogP contribution in [0, 0.1) is 19.8 Å². The van der Waals surface area contributed by atoms with Crippen molar-refractivity contribution in [1.82, 2.24) is 15.1 Å². The van der Waals surface area contributed by atoms with Gasteiger partial charge in [-0.25, -0.2) is 0 Å². The first-order valence-corrected chi connectivity index (χ1v) is 6.40. The molecule has 2 aromatic rings. The fraction of sp³-hybridized carbons (Fsp3) is 0.429. The van der Waals surface area contributed by atoms with Gasteiger partial charge in [-0.3, -0.25) is 9.78 Å². The van der Waals surface area contributed by atoms with Crippen LogP contribution in [0.3, 0.4) is 0 Å². The number of hydrogen-bond donors (Lipinski definition) is 1. The third-order valence-corrected chi connectivity index (χ3v) is 3.40. The van der Waals surface area contributed by atoms with E-state index in [2.05, 4.69) is 15.1 Å². The number of aromatic nitrogens is 3. The van der Waals surface area contributed by atoms with E-state index in [0.29, 0.717) is 17.4 Å². The summed E-state index contributed by atoms with van der Waals surface area (Å²) in [5, 5.41) is 12.9. The van der Waals surface area contributed by atoms with Gasteiger partial charge in [0.25, 0.3) is 0 Å². The number of rotatable bonds is 4. The van der Waals surface area contributed by atoms with Crippen molar-refractivity contribution in [2.75, 3.05) is 0 Å². The lowest BCUT2D eigenvalue weighted by Gasteiger charge is -2.10. The second kappa shape index (κ2) is 5.40. The Labute approximate surface area is 116 Å². The molecule has 2 atom stereocenters. The van der Waals surface area contributed by atoms with Crippen LogP contribution in [0.5, 0.6) is 0 Å². The summed E-state index contributed by atoms with van der Waals surface area (Å²) in [6.45, 7) is 7.26. The van der Waals surface area contributed by atoms with Gasteiger partial charge in [0.15, 0.2) is 0 Å². The number of hydrogen-bond acceptors (Lipinski definition) is 5. The highest BCUT2D eigenvalue weighted by Gasteiger charge is 2.26. The van der Waals surface area contributed by atoms with Crippen molar-refractivity contribution in [3.05, 3.63) is 29.3 Å². The predicted octanol–water partition coefficient (Wildman–Crippen LogP) is 2.57. The van der Waals surface area contributed by atoms with Crippen LogP contribution in [0.2, 0.25) is 0 Å². The van der Waals surface area contributed by atoms with Crippen molar-refractivity contribution in [2.45, 2.75) is 33.6 Å². The Balaban J connectivity index is 2.31. The summed E-state index contributed by atoms with van der Waals surface area (Å²) < 4.78 is 5.17. The molecule has 0 aliphatic heterocycles. The molecule has 1 N–H and O–H groups in total. The van der Waals surface area contributed by atoms with Gasteiger partial charge in [0.05, 0.1) is 5.92 Å². The van der Waals surface area contributed by atoms with Crippen molar-refractivity contribution >= 4 is 5.97 Å². The molecule has 2 aromatic heterocycles. The SMILES string of the molecule is Cc1cnc(-c2noc(C(C)C(C)C(=O)O)n2)c(C)c1. The quantitative estimate of drug-likeness (QED) is 0.922. The summed E-state index contributed by atoms with van der Waals surface area (Å²) in [5.41, 5.74) is 2.67. The molecule has 0 fully saturated rings. The maximum atomic E-state index is 11.0.